The molecule has 0 nitrogen and oxygen atoms in total. The summed E-state index contributed by atoms with van der Waals surface area (Å²) in [6.45, 7) is 22.5. The first-order chi connectivity index (χ1) is 16.9. The van der Waals surface area contributed by atoms with Crippen LogP contribution in [-0.4, -0.2) is 0 Å². The Morgan fingerprint density at radius 1 is 0.743 bits per heavy atom. The van der Waals surface area contributed by atoms with E-state index in [9.17, 15) is 0 Å². The Bertz CT molecular complexity index is 1030. The molecule has 0 radical (unpaired) electrons. The first-order valence-electron chi connectivity index (χ1n) is 14.2. The summed E-state index contributed by atoms with van der Waals surface area (Å²) in [6, 6.07) is 13.9. The second-order valence-electron chi connectivity index (χ2n) is 10.7. The van der Waals surface area contributed by atoms with Crippen molar-refractivity contribution >= 4 is 11.1 Å². The van der Waals surface area contributed by atoms with Gasteiger partial charge >= 0.3 is 0 Å². The third kappa shape index (κ3) is 7.09. The van der Waals surface area contributed by atoms with E-state index in [1.807, 2.05) is 0 Å². The molecule has 0 N–H and O–H groups in total. The average Bonchev–Trinajstić information content (AvgIpc) is 2.88. The van der Waals surface area contributed by atoms with Gasteiger partial charge < -0.3 is 0 Å². The number of aryl methyl sites for hydroxylation is 3. The maximum Gasteiger partial charge on any atom is -0.00256 e. The molecule has 0 unspecified atom stereocenters. The highest BCUT2D eigenvalue weighted by Crippen LogP contribution is 2.39. The van der Waals surface area contributed by atoms with Gasteiger partial charge in [-0.1, -0.05) is 89.8 Å². The normalized spacial score (nSPS) is 17.8. The van der Waals surface area contributed by atoms with Crippen LogP contribution in [0.15, 0.2) is 61.7 Å². The van der Waals surface area contributed by atoms with Gasteiger partial charge in [0.1, 0.15) is 0 Å². The van der Waals surface area contributed by atoms with E-state index >= 15 is 0 Å². The van der Waals surface area contributed by atoms with E-state index in [-0.39, 0.29) is 0 Å². The largest absolute Gasteiger partial charge is 0.0996 e. The van der Waals surface area contributed by atoms with Crippen LogP contribution in [0.4, 0.5) is 0 Å². The molecule has 1 aliphatic carbocycles. The maximum absolute atomic E-state index is 4.59. The summed E-state index contributed by atoms with van der Waals surface area (Å²) in [6.07, 6.45) is 12.9. The molecule has 0 spiro atoms. The van der Waals surface area contributed by atoms with Crippen LogP contribution in [0, 0.1) is 11.8 Å². The molecule has 0 aromatic heterocycles. The van der Waals surface area contributed by atoms with Crippen LogP contribution in [0.3, 0.4) is 0 Å². The minimum atomic E-state index is 0.747. The zero-order chi connectivity index (χ0) is 25.4. The lowest BCUT2D eigenvalue weighted by molar-refractivity contribution is 0.302. The molecule has 35 heavy (non-hydrogen) atoms. The van der Waals surface area contributed by atoms with Crippen LogP contribution in [0.25, 0.3) is 11.1 Å². The van der Waals surface area contributed by atoms with Gasteiger partial charge in [-0.15, -0.1) is 0 Å². The Balaban J connectivity index is 1.68. The lowest BCUT2D eigenvalue weighted by Gasteiger charge is -2.30. The summed E-state index contributed by atoms with van der Waals surface area (Å²) in [4.78, 5) is 0. The number of hydrogen-bond donors (Lipinski definition) is 0. The molecule has 0 bridgehead atoms. The topological polar surface area (TPSA) is 0 Å². The zero-order valence-electron chi connectivity index (χ0n) is 23.0. The monoisotopic (exact) mass is 468 g/mol. The number of allylic oxidation sites excluding steroid dienone is 3. The van der Waals surface area contributed by atoms with E-state index in [1.54, 1.807) is 0 Å². The fourth-order valence-electron chi connectivity index (χ4n) is 6.00. The third-order valence-electron chi connectivity index (χ3n) is 8.26. The number of benzene rings is 2. The van der Waals surface area contributed by atoms with Gasteiger partial charge in [0.25, 0.3) is 0 Å². The van der Waals surface area contributed by atoms with Crippen LogP contribution in [0.2, 0.25) is 0 Å². The van der Waals surface area contributed by atoms with Gasteiger partial charge in [-0.3, -0.25) is 0 Å². The Labute approximate surface area is 216 Å². The van der Waals surface area contributed by atoms with Gasteiger partial charge in [0, 0.05) is 0 Å². The van der Waals surface area contributed by atoms with Crippen LogP contribution in [-0.2, 0) is 25.7 Å². The van der Waals surface area contributed by atoms with Crippen molar-refractivity contribution in [2.24, 2.45) is 11.8 Å². The van der Waals surface area contributed by atoms with Crippen molar-refractivity contribution in [1.29, 1.82) is 0 Å². The van der Waals surface area contributed by atoms with Crippen LogP contribution < -0.4 is 0 Å². The minimum Gasteiger partial charge on any atom is -0.0996 e. The summed E-state index contributed by atoms with van der Waals surface area (Å²) in [5.41, 5.74) is 12.3. The molecular formula is C35H48. The molecule has 188 valence electrons. The summed E-state index contributed by atoms with van der Waals surface area (Å²) in [5, 5.41) is 0. The van der Waals surface area contributed by atoms with Crippen LogP contribution in [0.5, 0.6) is 0 Å². The van der Waals surface area contributed by atoms with Gasteiger partial charge in [0.15, 0.2) is 0 Å². The van der Waals surface area contributed by atoms with Gasteiger partial charge in [-0.05, 0) is 127 Å². The van der Waals surface area contributed by atoms with E-state index in [2.05, 4.69) is 83.8 Å². The SMILES string of the molecule is C=C(Cc1ccc(CC)c(CC)c1)c1ccc(CC)c(C(=C)CC2CCC(C(=C)CCC)CC2)c1. The van der Waals surface area contributed by atoms with Gasteiger partial charge in [0.05, 0.1) is 0 Å². The van der Waals surface area contributed by atoms with Crippen molar-refractivity contribution in [2.45, 2.75) is 98.3 Å². The second kappa shape index (κ2) is 13.1. The molecule has 0 heteroatoms. The molecule has 1 fully saturated rings. The number of hydrogen-bond acceptors (Lipinski definition) is 0. The molecule has 3 rings (SSSR count). The highest BCUT2D eigenvalue weighted by molar-refractivity contribution is 5.73. The molecule has 2 aromatic rings. The Kier molecular flexibility index (Phi) is 10.2. The minimum absolute atomic E-state index is 0.747. The van der Waals surface area contributed by atoms with E-state index in [0.29, 0.717) is 0 Å². The molecule has 0 heterocycles. The van der Waals surface area contributed by atoms with Crippen molar-refractivity contribution in [3.05, 3.63) is 95.1 Å². The Morgan fingerprint density at radius 3 is 2.03 bits per heavy atom. The fraction of sp³-hybridized carbons (Fsp3) is 0.486. The standard InChI is InChI=1S/C35H48/c1-8-12-25(5)33-17-13-28(14-18-33)22-27(7)35-24-34(20-19-31(35)10-3)26(6)21-29-15-16-30(9-2)32(11-4)23-29/h15-16,19-20,23-24,28,33H,5-14,17-18,21-22H2,1-4H3. The number of rotatable bonds is 12. The molecule has 0 atom stereocenters. The van der Waals surface area contributed by atoms with Crippen molar-refractivity contribution in [3.8, 4) is 0 Å². The predicted octanol–water partition coefficient (Wildman–Crippen LogP) is 10.2. The lowest BCUT2D eigenvalue weighted by atomic mass is 9.75. The molecule has 0 amide bonds. The van der Waals surface area contributed by atoms with Gasteiger partial charge in [-0.2, -0.15) is 0 Å². The summed E-state index contributed by atoms with van der Waals surface area (Å²) >= 11 is 0. The summed E-state index contributed by atoms with van der Waals surface area (Å²) < 4.78 is 0. The van der Waals surface area contributed by atoms with Crippen LogP contribution >= 0.6 is 0 Å². The van der Waals surface area contributed by atoms with E-state index in [4.69, 9.17) is 0 Å². The average molecular weight is 469 g/mol. The Morgan fingerprint density at radius 2 is 1.40 bits per heavy atom. The smallest absolute Gasteiger partial charge is 0.00256 e. The summed E-state index contributed by atoms with van der Waals surface area (Å²) in [5.74, 6) is 1.51. The predicted molar refractivity (Wildman–Crippen MR) is 157 cm³/mol. The molecule has 1 aliphatic rings. The lowest BCUT2D eigenvalue weighted by Crippen LogP contribution is -2.16. The highest BCUT2D eigenvalue weighted by Gasteiger charge is 2.23. The van der Waals surface area contributed by atoms with Crippen LogP contribution in [0.1, 0.15) is 106 Å². The quantitative estimate of drug-likeness (QED) is 0.272. The Hall–Kier alpha value is -2.34. The second-order valence-corrected chi connectivity index (χ2v) is 10.7. The van der Waals surface area contributed by atoms with Crippen molar-refractivity contribution in [1.82, 2.24) is 0 Å². The van der Waals surface area contributed by atoms with E-state index in [1.165, 1.54) is 88.6 Å². The first-order valence-corrected chi connectivity index (χ1v) is 14.2. The molecular weight excluding hydrogens is 420 g/mol. The molecule has 0 saturated heterocycles. The maximum atomic E-state index is 4.59. The fourth-order valence-corrected chi connectivity index (χ4v) is 6.00. The molecule has 2 aromatic carbocycles. The van der Waals surface area contributed by atoms with E-state index < -0.39 is 0 Å². The third-order valence-corrected chi connectivity index (χ3v) is 8.26. The summed E-state index contributed by atoms with van der Waals surface area (Å²) in [7, 11) is 0. The highest BCUT2D eigenvalue weighted by atomic mass is 14.3. The zero-order valence-corrected chi connectivity index (χ0v) is 23.0. The van der Waals surface area contributed by atoms with Crippen molar-refractivity contribution in [2.75, 3.05) is 0 Å². The van der Waals surface area contributed by atoms with Gasteiger partial charge in [-0.25, -0.2) is 0 Å². The van der Waals surface area contributed by atoms with Gasteiger partial charge in [0.2, 0.25) is 0 Å². The first kappa shape index (κ1) is 27.3. The van der Waals surface area contributed by atoms with Crippen molar-refractivity contribution in [3.63, 3.8) is 0 Å². The molecule has 0 aliphatic heterocycles. The van der Waals surface area contributed by atoms with E-state index in [0.717, 1.165) is 43.9 Å². The van der Waals surface area contributed by atoms with Crippen molar-refractivity contribution < 1.29 is 0 Å². The molecule has 1 saturated carbocycles.